The molecule has 3 aromatic rings. The van der Waals surface area contributed by atoms with Crippen LogP contribution in [0.5, 0.6) is 0 Å². The van der Waals surface area contributed by atoms with Crippen LogP contribution in [0.25, 0.3) is 21.9 Å². The Morgan fingerprint density at radius 3 is 2.37 bits per heavy atom. The topological polar surface area (TPSA) is 23.8 Å². The van der Waals surface area contributed by atoms with Gasteiger partial charge in [-0.15, -0.1) is 0 Å². The third kappa shape index (κ3) is 2.21. The van der Waals surface area contributed by atoms with Crippen molar-refractivity contribution >= 4 is 10.8 Å². The van der Waals surface area contributed by atoms with Crippen molar-refractivity contribution in [2.75, 3.05) is 0 Å². The summed E-state index contributed by atoms with van der Waals surface area (Å²) in [6, 6.07) is 25.1. The zero-order chi connectivity index (χ0) is 13.1. The number of hydrogen-bond acceptors (Lipinski definition) is 1. The summed E-state index contributed by atoms with van der Waals surface area (Å²) in [5.74, 6) is 0. The van der Waals surface area contributed by atoms with Gasteiger partial charge in [0.15, 0.2) is 0 Å². The van der Waals surface area contributed by atoms with E-state index in [1.165, 1.54) is 16.3 Å². The summed E-state index contributed by atoms with van der Waals surface area (Å²) < 4.78 is 0. The van der Waals surface area contributed by atoms with Crippen molar-refractivity contribution in [3.8, 4) is 17.2 Å². The Labute approximate surface area is 112 Å². The number of hydrogen-bond donors (Lipinski definition) is 0. The largest absolute Gasteiger partial charge is 0.198 e. The molecule has 0 unspecified atom stereocenters. The van der Waals surface area contributed by atoms with Crippen molar-refractivity contribution in [2.45, 2.75) is 6.42 Å². The highest BCUT2D eigenvalue weighted by molar-refractivity contribution is 5.87. The van der Waals surface area contributed by atoms with E-state index in [0.29, 0.717) is 6.42 Å². The molecule has 0 saturated carbocycles. The molecule has 0 aromatic heterocycles. The van der Waals surface area contributed by atoms with E-state index in [-0.39, 0.29) is 0 Å². The van der Waals surface area contributed by atoms with Crippen molar-refractivity contribution in [3.63, 3.8) is 0 Å². The van der Waals surface area contributed by atoms with Crippen molar-refractivity contribution in [1.29, 1.82) is 5.26 Å². The first-order valence-corrected chi connectivity index (χ1v) is 6.32. The summed E-state index contributed by atoms with van der Waals surface area (Å²) in [6.07, 6.45) is 0.447. The van der Waals surface area contributed by atoms with Crippen LogP contribution < -0.4 is 0 Å². The van der Waals surface area contributed by atoms with E-state index in [1.54, 1.807) is 0 Å². The minimum absolute atomic E-state index is 0.447. The molecule has 0 saturated heterocycles. The lowest BCUT2D eigenvalue weighted by Gasteiger charge is -2.08. The highest BCUT2D eigenvalue weighted by atomic mass is 14.2. The average Bonchev–Trinajstić information content (AvgIpc) is 2.48. The molecular formula is C18H13N. The summed E-state index contributed by atoms with van der Waals surface area (Å²) >= 11 is 0. The van der Waals surface area contributed by atoms with Gasteiger partial charge in [-0.25, -0.2) is 0 Å². The van der Waals surface area contributed by atoms with E-state index in [0.717, 1.165) is 11.1 Å². The standard InChI is InChI=1S/C18H13N/c19-12-11-15-6-3-4-8-18(15)17-10-9-14-5-1-2-7-16(14)13-17/h1-10,13H,11H2. The monoisotopic (exact) mass is 243 g/mol. The van der Waals surface area contributed by atoms with Crippen LogP contribution in [0.2, 0.25) is 0 Å². The number of benzene rings is 3. The van der Waals surface area contributed by atoms with Crippen LogP contribution in [0.3, 0.4) is 0 Å². The lowest BCUT2D eigenvalue weighted by atomic mass is 9.96. The fourth-order valence-electron chi connectivity index (χ4n) is 2.40. The Morgan fingerprint density at radius 2 is 1.53 bits per heavy atom. The second kappa shape index (κ2) is 4.96. The highest BCUT2D eigenvalue weighted by Gasteiger charge is 2.04. The van der Waals surface area contributed by atoms with Crippen LogP contribution in [0.15, 0.2) is 66.7 Å². The lowest BCUT2D eigenvalue weighted by molar-refractivity contribution is 1.26. The van der Waals surface area contributed by atoms with Gasteiger partial charge < -0.3 is 0 Å². The van der Waals surface area contributed by atoms with Gasteiger partial charge in [0.25, 0.3) is 0 Å². The normalized spacial score (nSPS) is 10.3. The predicted octanol–water partition coefficient (Wildman–Crippen LogP) is 4.57. The number of rotatable bonds is 2. The molecule has 0 bridgehead atoms. The maximum atomic E-state index is 8.91. The molecule has 0 atom stereocenters. The summed E-state index contributed by atoms with van der Waals surface area (Å²) in [5, 5.41) is 11.4. The maximum absolute atomic E-state index is 8.91. The molecule has 0 N–H and O–H groups in total. The van der Waals surface area contributed by atoms with Gasteiger partial charge in [-0.1, -0.05) is 60.7 Å². The molecule has 1 nitrogen and oxygen atoms in total. The molecule has 3 rings (SSSR count). The van der Waals surface area contributed by atoms with Gasteiger partial charge in [-0.3, -0.25) is 0 Å². The summed E-state index contributed by atoms with van der Waals surface area (Å²) in [7, 11) is 0. The smallest absolute Gasteiger partial charge is 0.0669 e. The molecule has 3 aromatic carbocycles. The maximum Gasteiger partial charge on any atom is 0.0669 e. The predicted molar refractivity (Wildman–Crippen MR) is 78.7 cm³/mol. The molecule has 0 amide bonds. The Kier molecular flexibility index (Phi) is 3.00. The van der Waals surface area contributed by atoms with E-state index in [9.17, 15) is 0 Å². The second-order valence-electron chi connectivity index (χ2n) is 4.55. The van der Waals surface area contributed by atoms with E-state index in [1.807, 2.05) is 30.3 Å². The third-order valence-electron chi connectivity index (χ3n) is 3.35. The molecule has 0 heterocycles. The molecule has 0 fully saturated rings. The minimum Gasteiger partial charge on any atom is -0.198 e. The minimum atomic E-state index is 0.447. The Hall–Kier alpha value is -2.59. The van der Waals surface area contributed by atoms with Gasteiger partial charge in [-0.05, 0) is 33.5 Å². The van der Waals surface area contributed by atoms with Crippen LogP contribution in [0, 0.1) is 11.3 Å². The van der Waals surface area contributed by atoms with Crippen molar-refractivity contribution in [1.82, 2.24) is 0 Å². The molecule has 1 heteroatoms. The van der Waals surface area contributed by atoms with Crippen LogP contribution in [-0.4, -0.2) is 0 Å². The number of nitriles is 1. The zero-order valence-electron chi connectivity index (χ0n) is 10.5. The Bertz CT molecular complexity index is 766. The Balaban J connectivity index is 2.17. The van der Waals surface area contributed by atoms with Gasteiger partial charge in [0.2, 0.25) is 0 Å². The van der Waals surface area contributed by atoms with Crippen LogP contribution in [0.1, 0.15) is 5.56 Å². The first-order chi connectivity index (χ1) is 9.38. The zero-order valence-corrected chi connectivity index (χ0v) is 10.5. The van der Waals surface area contributed by atoms with E-state index in [4.69, 9.17) is 5.26 Å². The van der Waals surface area contributed by atoms with E-state index >= 15 is 0 Å². The quantitative estimate of drug-likeness (QED) is 0.646. The summed E-state index contributed by atoms with van der Waals surface area (Å²) in [4.78, 5) is 0. The SMILES string of the molecule is N#CCc1ccccc1-c1ccc2ccccc2c1. The summed E-state index contributed by atoms with van der Waals surface area (Å²) in [6.45, 7) is 0. The van der Waals surface area contributed by atoms with Gasteiger partial charge in [0.05, 0.1) is 12.5 Å². The first kappa shape index (κ1) is 11.5. The molecule has 0 aliphatic rings. The van der Waals surface area contributed by atoms with Crippen molar-refractivity contribution in [3.05, 3.63) is 72.3 Å². The van der Waals surface area contributed by atoms with Gasteiger partial charge in [0.1, 0.15) is 0 Å². The van der Waals surface area contributed by atoms with E-state index < -0.39 is 0 Å². The third-order valence-corrected chi connectivity index (χ3v) is 3.35. The average molecular weight is 243 g/mol. The van der Waals surface area contributed by atoms with Gasteiger partial charge >= 0.3 is 0 Å². The molecule has 19 heavy (non-hydrogen) atoms. The molecule has 0 aliphatic carbocycles. The molecule has 90 valence electrons. The molecule has 0 radical (unpaired) electrons. The van der Waals surface area contributed by atoms with Gasteiger partial charge in [-0.2, -0.15) is 5.26 Å². The fraction of sp³-hybridized carbons (Fsp3) is 0.0556. The Morgan fingerprint density at radius 1 is 0.789 bits per heavy atom. The number of nitrogens with zero attached hydrogens (tertiary/aromatic N) is 1. The first-order valence-electron chi connectivity index (χ1n) is 6.32. The summed E-state index contributed by atoms with van der Waals surface area (Å²) in [5.41, 5.74) is 3.40. The van der Waals surface area contributed by atoms with Crippen molar-refractivity contribution in [2.24, 2.45) is 0 Å². The molecule has 0 spiro atoms. The fourth-order valence-corrected chi connectivity index (χ4v) is 2.40. The number of fused-ring (bicyclic) bond motifs is 1. The van der Waals surface area contributed by atoms with Crippen molar-refractivity contribution < 1.29 is 0 Å². The lowest BCUT2D eigenvalue weighted by Crippen LogP contribution is -1.88. The second-order valence-corrected chi connectivity index (χ2v) is 4.55. The molecular weight excluding hydrogens is 230 g/mol. The van der Waals surface area contributed by atoms with Crippen LogP contribution in [-0.2, 0) is 6.42 Å². The van der Waals surface area contributed by atoms with Crippen LogP contribution >= 0.6 is 0 Å². The van der Waals surface area contributed by atoms with E-state index in [2.05, 4.69) is 42.5 Å². The van der Waals surface area contributed by atoms with Gasteiger partial charge in [0, 0.05) is 0 Å². The van der Waals surface area contributed by atoms with Crippen LogP contribution in [0.4, 0.5) is 0 Å². The molecule has 0 aliphatic heterocycles. The highest BCUT2D eigenvalue weighted by Crippen LogP contribution is 2.27.